The number of halogens is 1. The Hall–Kier alpha value is -0.540. The third-order valence-corrected chi connectivity index (χ3v) is 2.47. The van der Waals surface area contributed by atoms with Crippen molar-refractivity contribution >= 4 is 15.9 Å². The Morgan fingerprint density at radius 2 is 2.14 bits per heavy atom. The number of benzene rings is 1. The zero-order valence-corrected chi connectivity index (χ0v) is 10.1. The van der Waals surface area contributed by atoms with Crippen LogP contribution in [0.1, 0.15) is 18.1 Å². The molecule has 0 atom stereocenters. The van der Waals surface area contributed by atoms with Crippen molar-refractivity contribution in [2.45, 2.75) is 19.2 Å². The van der Waals surface area contributed by atoms with Crippen LogP contribution in [-0.2, 0) is 10.1 Å². The molecule has 0 unspecified atom stereocenters. The lowest BCUT2D eigenvalue weighted by molar-refractivity contribution is 0.0220. The Kier molecular flexibility index (Phi) is 4.98. The lowest BCUT2D eigenvalue weighted by Gasteiger charge is -2.10. The van der Waals surface area contributed by atoms with Gasteiger partial charge in [0.05, 0.1) is 0 Å². The van der Waals surface area contributed by atoms with E-state index in [-0.39, 0.29) is 0 Å². The molecule has 1 aromatic rings. The van der Waals surface area contributed by atoms with Crippen molar-refractivity contribution in [1.82, 2.24) is 0 Å². The lowest BCUT2D eigenvalue weighted by Crippen LogP contribution is -2.03. The van der Waals surface area contributed by atoms with Crippen molar-refractivity contribution < 1.29 is 9.47 Å². The molecule has 0 fully saturated rings. The average Bonchev–Trinajstić information content (AvgIpc) is 2.20. The van der Waals surface area contributed by atoms with Crippen molar-refractivity contribution in [3.8, 4) is 5.75 Å². The average molecular weight is 259 g/mol. The molecule has 0 spiro atoms. The van der Waals surface area contributed by atoms with Crippen LogP contribution in [0.25, 0.3) is 0 Å². The molecule has 3 heteroatoms. The molecule has 0 aliphatic rings. The smallest absolute Gasteiger partial charge is 0.189 e. The standard InChI is InChI=1S/C11H15BrO2/c1-3-13-8-14-11-5-4-9(2)6-10(11)7-12/h4-6H,3,7-8H2,1-2H3. The maximum atomic E-state index is 5.47. The van der Waals surface area contributed by atoms with E-state index in [1.165, 1.54) is 5.56 Å². The van der Waals surface area contributed by atoms with Gasteiger partial charge in [-0.3, -0.25) is 0 Å². The van der Waals surface area contributed by atoms with Gasteiger partial charge in [-0.2, -0.15) is 0 Å². The molecule has 78 valence electrons. The van der Waals surface area contributed by atoms with Crippen LogP contribution in [-0.4, -0.2) is 13.4 Å². The highest BCUT2D eigenvalue weighted by molar-refractivity contribution is 9.08. The Morgan fingerprint density at radius 3 is 2.79 bits per heavy atom. The van der Waals surface area contributed by atoms with Gasteiger partial charge < -0.3 is 9.47 Å². The maximum absolute atomic E-state index is 5.47. The van der Waals surface area contributed by atoms with E-state index in [1.54, 1.807) is 0 Å². The maximum Gasteiger partial charge on any atom is 0.189 e. The van der Waals surface area contributed by atoms with Crippen molar-refractivity contribution in [1.29, 1.82) is 0 Å². The van der Waals surface area contributed by atoms with Gasteiger partial charge >= 0.3 is 0 Å². The summed E-state index contributed by atoms with van der Waals surface area (Å²) in [5.41, 5.74) is 2.40. The van der Waals surface area contributed by atoms with Crippen LogP contribution in [0.15, 0.2) is 18.2 Å². The van der Waals surface area contributed by atoms with Gasteiger partial charge in [-0.05, 0) is 19.9 Å². The summed E-state index contributed by atoms with van der Waals surface area (Å²) in [6, 6.07) is 6.12. The molecule has 0 aliphatic carbocycles. The van der Waals surface area contributed by atoms with E-state index >= 15 is 0 Å². The van der Waals surface area contributed by atoms with Crippen LogP contribution < -0.4 is 4.74 Å². The minimum absolute atomic E-state index is 0.319. The molecule has 0 aliphatic heterocycles. The van der Waals surface area contributed by atoms with Crippen molar-refractivity contribution in [2.75, 3.05) is 13.4 Å². The lowest BCUT2D eigenvalue weighted by atomic mass is 10.1. The van der Waals surface area contributed by atoms with Gasteiger partial charge in [0, 0.05) is 17.5 Å². The van der Waals surface area contributed by atoms with E-state index in [0.717, 1.165) is 16.6 Å². The summed E-state index contributed by atoms with van der Waals surface area (Å²) < 4.78 is 10.6. The summed E-state index contributed by atoms with van der Waals surface area (Å²) in [6.07, 6.45) is 0. The zero-order valence-electron chi connectivity index (χ0n) is 8.55. The topological polar surface area (TPSA) is 18.5 Å². The first kappa shape index (κ1) is 11.5. The Morgan fingerprint density at radius 1 is 1.36 bits per heavy atom. The first-order chi connectivity index (χ1) is 6.77. The first-order valence-electron chi connectivity index (χ1n) is 4.64. The summed E-state index contributed by atoms with van der Waals surface area (Å²) in [5, 5.41) is 0.802. The molecule has 0 aromatic heterocycles. The van der Waals surface area contributed by atoms with Crippen LogP contribution >= 0.6 is 15.9 Å². The molecule has 0 radical (unpaired) electrons. The van der Waals surface area contributed by atoms with Gasteiger partial charge in [0.25, 0.3) is 0 Å². The first-order valence-corrected chi connectivity index (χ1v) is 5.76. The zero-order chi connectivity index (χ0) is 10.4. The Bertz CT molecular complexity index is 287. The highest BCUT2D eigenvalue weighted by atomic mass is 79.9. The van der Waals surface area contributed by atoms with E-state index in [9.17, 15) is 0 Å². The molecule has 1 aromatic carbocycles. The predicted octanol–water partition coefficient (Wildman–Crippen LogP) is 3.26. The van der Waals surface area contributed by atoms with Crippen molar-refractivity contribution in [3.63, 3.8) is 0 Å². The Balaban J connectivity index is 2.65. The van der Waals surface area contributed by atoms with Crippen molar-refractivity contribution in [2.24, 2.45) is 0 Å². The highest BCUT2D eigenvalue weighted by Crippen LogP contribution is 2.22. The molecular formula is C11H15BrO2. The van der Waals surface area contributed by atoms with E-state index in [0.29, 0.717) is 13.4 Å². The van der Waals surface area contributed by atoms with Gasteiger partial charge in [-0.1, -0.05) is 33.6 Å². The molecular weight excluding hydrogens is 244 g/mol. The van der Waals surface area contributed by atoms with Crippen LogP contribution in [0.5, 0.6) is 5.75 Å². The normalized spacial score (nSPS) is 10.2. The van der Waals surface area contributed by atoms with Gasteiger partial charge in [-0.15, -0.1) is 0 Å². The second-order valence-corrected chi connectivity index (χ2v) is 3.56. The monoisotopic (exact) mass is 258 g/mol. The van der Waals surface area contributed by atoms with E-state index in [2.05, 4.69) is 28.9 Å². The molecule has 0 bridgehead atoms. The minimum atomic E-state index is 0.319. The quantitative estimate of drug-likeness (QED) is 0.459. The predicted molar refractivity (Wildman–Crippen MR) is 60.9 cm³/mol. The van der Waals surface area contributed by atoms with E-state index in [1.807, 2.05) is 19.1 Å². The largest absolute Gasteiger partial charge is 0.467 e. The molecule has 0 heterocycles. The van der Waals surface area contributed by atoms with E-state index in [4.69, 9.17) is 9.47 Å². The fourth-order valence-electron chi connectivity index (χ4n) is 1.14. The van der Waals surface area contributed by atoms with Gasteiger partial charge in [0.1, 0.15) is 5.75 Å². The van der Waals surface area contributed by atoms with E-state index < -0.39 is 0 Å². The molecule has 1 rings (SSSR count). The minimum Gasteiger partial charge on any atom is -0.467 e. The molecule has 2 nitrogen and oxygen atoms in total. The second-order valence-electron chi connectivity index (χ2n) is 3.00. The highest BCUT2D eigenvalue weighted by Gasteiger charge is 2.02. The third-order valence-electron chi connectivity index (χ3n) is 1.86. The fraction of sp³-hybridized carbons (Fsp3) is 0.455. The van der Waals surface area contributed by atoms with Crippen LogP contribution in [0.2, 0.25) is 0 Å². The summed E-state index contributed by atoms with van der Waals surface area (Å²) in [4.78, 5) is 0. The Labute approximate surface area is 93.4 Å². The molecule has 14 heavy (non-hydrogen) atoms. The van der Waals surface area contributed by atoms with Gasteiger partial charge in [0.2, 0.25) is 0 Å². The number of hydrogen-bond donors (Lipinski definition) is 0. The van der Waals surface area contributed by atoms with Crippen LogP contribution in [0.4, 0.5) is 0 Å². The second kappa shape index (κ2) is 6.04. The van der Waals surface area contributed by atoms with Crippen LogP contribution in [0.3, 0.4) is 0 Å². The van der Waals surface area contributed by atoms with Crippen molar-refractivity contribution in [3.05, 3.63) is 29.3 Å². The number of hydrogen-bond acceptors (Lipinski definition) is 2. The molecule has 0 saturated carbocycles. The summed E-state index contributed by atoms with van der Waals surface area (Å²) in [6.45, 7) is 5.01. The summed E-state index contributed by atoms with van der Waals surface area (Å²) >= 11 is 3.43. The fourth-order valence-corrected chi connectivity index (χ4v) is 1.58. The number of aryl methyl sites for hydroxylation is 1. The van der Waals surface area contributed by atoms with Crippen LogP contribution in [0, 0.1) is 6.92 Å². The van der Waals surface area contributed by atoms with Gasteiger partial charge in [-0.25, -0.2) is 0 Å². The SMILES string of the molecule is CCOCOc1ccc(C)cc1CBr. The molecule has 0 N–H and O–H groups in total. The number of rotatable bonds is 5. The number of alkyl halides is 1. The summed E-state index contributed by atoms with van der Waals surface area (Å²) in [5.74, 6) is 0.890. The molecule has 0 amide bonds. The summed E-state index contributed by atoms with van der Waals surface area (Å²) in [7, 11) is 0. The number of ether oxygens (including phenoxy) is 2. The third kappa shape index (κ3) is 3.31. The van der Waals surface area contributed by atoms with Gasteiger partial charge in [0.15, 0.2) is 6.79 Å². The molecule has 0 saturated heterocycles.